The van der Waals surface area contributed by atoms with Crippen LogP contribution >= 0.6 is 23.4 Å². The van der Waals surface area contributed by atoms with E-state index in [1.54, 1.807) is 11.8 Å². The SMILES string of the molecule is Clc1ccc(-c2[nH]c3ccccc3c2SCc2nn[nH]n2)cc1. The van der Waals surface area contributed by atoms with Crippen molar-refractivity contribution in [1.82, 2.24) is 25.6 Å². The van der Waals surface area contributed by atoms with Crippen molar-refractivity contribution in [2.45, 2.75) is 10.6 Å². The average Bonchev–Trinajstić information content (AvgIpc) is 3.21. The van der Waals surface area contributed by atoms with Crippen LogP contribution < -0.4 is 0 Å². The summed E-state index contributed by atoms with van der Waals surface area (Å²) in [4.78, 5) is 4.68. The smallest absolute Gasteiger partial charge is 0.184 e. The lowest BCUT2D eigenvalue weighted by Gasteiger charge is -2.04. The van der Waals surface area contributed by atoms with Gasteiger partial charge in [-0.05, 0) is 23.8 Å². The lowest BCUT2D eigenvalue weighted by atomic mass is 10.1. The highest BCUT2D eigenvalue weighted by Crippen LogP contribution is 2.38. The molecule has 7 heteroatoms. The maximum atomic E-state index is 6.00. The molecule has 23 heavy (non-hydrogen) atoms. The van der Waals surface area contributed by atoms with Crippen molar-refractivity contribution >= 4 is 34.3 Å². The standard InChI is InChI=1S/C16H12ClN5S/c17-11-7-5-10(6-8-11)15-16(23-9-14-19-21-22-20-14)12-3-1-2-4-13(12)18-15/h1-8,18H,9H2,(H,19,20,21,22). The van der Waals surface area contributed by atoms with Crippen molar-refractivity contribution in [2.24, 2.45) is 0 Å². The molecule has 2 heterocycles. The van der Waals surface area contributed by atoms with Gasteiger partial charge < -0.3 is 4.98 Å². The van der Waals surface area contributed by atoms with E-state index >= 15 is 0 Å². The van der Waals surface area contributed by atoms with Crippen LogP contribution in [0.3, 0.4) is 0 Å². The molecular weight excluding hydrogens is 330 g/mol. The molecule has 0 saturated carbocycles. The fourth-order valence-corrected chi connectivity index (χ4v) is 3.63. The maximum absolute atomic E-state index is 6.00. The Labute approximate surface area is 141 Å². The van der Waals surface area contributed by atoms with Gasteiger partial charge >= 0.3 is 0 Å². The second kappa shape index (κ2) is 6.06. The number of H-pyrrole nitrogens is 2. The number of tetrazole rings is 1. The van der Waals surface area contributed by atoms with E-state index in [1.165, 1.54) is 10.3 Å². The number of aromatic amines is 2. The summed E-state index contributed by atoms with van der Waals surface area (Å²) in [6.07, 6.45) is 0. The van der Waals surface area contributed by atoms with Crippen molar-refractivity contribution in [3.8, 4) is 11.3 Å². The first-order valence-corrected chi connectivity index (χ1v) is 8.39. The van der Waals surface area contributed by atoms with Crippen molar-refractivity contribution in [1.29, 1.82) is 0 Å². The van der Waals surface area contributed by atoms with Gasteiger partial charge in [0.05, 0.1) is 11.4 Å². The van der Waals surface area contributed by atoms with E-state index in [9.17, 15) is 0 Å². The summed E-state index contributed by atoms with van der Waals surface area (Å²) in [5, 5.41) is 16.0. The zero-order valence-corrected chi connectivity index (χ0v) is 13.5. The van der Waals surface area contributed by atoms with Crippen molar-refractivity contribution in [2.75, 3.05) is 0 Å². The minimum atomic E-state index is 0.652. The van der Waals surface area contributed by atoms with E-state index in [-0.39, 0.29) is 0 Å². The van der Waals surface area contributed by atoms with E-state index in [0.717, 1.165) is 21.8 Å². The van der Waals surface area contributed by atoms with Crippen molar-refractivity contribution < 1.29 is 0 Å². The van der Waals surface area contributed by atoms with Gasteiger partial charge in [-0.15, -0.1) is 22.0 Å². The number of para-hydroxylation sites is 1. The monoisotopic (exact) mass is 341 g/mol. The number of benzene rings is 2. The van der Waals surface area contributed by atoms with Crippen LogP contribution in [0.5, 0.6) is 0 Å². The number of aromatic nitrogens is 5. The first-order valence-electron chi connectivity index (χ1n) is 7.03. The Hall–Kier alpha value is -2.31. The van der Waals surface area contributed by atoms with Crippen LogP contribution in [0.15, 0.2) is 53.4 Å². The Morgan fingerprint density at radius 2 is 1.87 bits per heavy atom. The quantitative estimate of drug-likeness (QED) is 0.543. The molecule has 0 aliphatic rings. The lowest BCUT2D eigenvalue weighted by Crippen LogP contribution is -1.85. The number of nitrogens with one attached hydrogen (secondary N) is 2. The molecule has 0 aliphatic carbocycles. The first-order chi connectivity index (χ1) is 11.3. The second-order valence-electron chi connectivity index (χ2n) is 5.00. The molecule has 0 radical (unpaired) electrons. The van der Waals surface area contributed by atoms with E-state index < -0.39 is 0 Å². The number of hydrogen-bond donors (Lipinski definition) is 2. The van der Waals surface area contributed by atoms with Crippen LogP contribution in [0, 0.1) is 0 Å². The molecule has 0 saturated heterocycles. The van der Waals surface area contributed by atoms with Crippen LogP contribution in [0.2, 0.25) is 5.02 Å². The molecule has 4 rings (SSSR count). The highest BCUT2D eigenvalue weighted by Gasteiger charge is 2.14. The summed E-state index contributed by atoms with van der Waals surface area (Å²) in [5.74, 6) is 1.33. The molecule has 0 atom stereocenters. The number of thioether (sulfide) groups is 1. The highest BCUT2D eigenvalue weighted by atomic mass is 35.5. The lowest BCUT2D eigenvalue weighted by molar-refractivity contribution is 0.881. The van der Waals surface area contributed by atoms with Crippen LogP contribution in [-0.4, -0.2) is 25.6 Å². The molecule has 2 aromatic heterocycles. The zero-order chi connectivity index (χ0) is 15.6. The third-order valence-electron chi connectivity index (χ3n) is 3.53. The summed E-state index contributed by atoms with van der Waals surface area (Å²) in [5.41, 5.74) is 3.28. The number of hydrogen-bond acceptors (Lipinski definition) is 4. The average molecular weight is 342 g/mol. The summed E-state index contributed by atoms with van der Waals surface area (Å²) in [7, 11) is 0. The maximum Gasteiger partial charge on any atom is 0.184 e. The van der Waals surface area contributed by atoms with Gasteiger partial charge in [0.25, 0.3) is 0 Å². The largest absolute Gasteiger partial charge is 0.354 e. The van der Waals surface area contributed by atoms with Crippen LogP contribution in [-0.2, 0) is 5.75 Å². The van der Waals surface area contributed by atoms with Gasteiger partial charge in [0.2, 0.25) is 0 Å². The Kier molecular flexibility index (Phi) is 3.77. The first kappa shape index (κ1) is 14.3. The summed E-state index contributed by atoms with van der Waals surface area (Å²) >= 11 is 7.69. The predicted molar refractivity (Wildman–Crippen MR) is 92.5 cm³/mol. The Morgan fingerprint density at radius 1 is 1.04 bits per heavy atom. The predicted octanol–water partition coefficient (Wildman–Crippen LogP) is 4.29. The molecule has 0 bridgehead atoms. The number of halogens is 1. The number of nitrogens with zero attached hydrogens (tertiary/aromatic N) is 3. The molecular formula is C16H12ClN5S. The van der Waals surface area contributed by atoms with Gasteiger partial charge in [0.1, 0.15) is 0 Å². The molecule has 5 nitrogen and oxygen atoms in total. The summed E-state index contributed by atoms with van der Waals surface area (Å²) < 4.78 is 0. The molecule has 0 aliphatic heterocycles. The molecule has 2 aromatic carbocycles. The fourth-order valence-electron chi connectivity index (χ4n) is 2.47. The molecule has 2 N–H and O–H groups in total. The normalized spacial score (nSPS) is 11.2. The van der Waals surface area contributed by atoms with Crippen molar-refractivity contribution in [3.05, 3.63) is 59.4 Å². The molecule has 0 amide bonds. The van der Waals surface area contributed by atoms with E-state index in [1.807, 2.05) is 36.4 Å². The fraction of sp³-hybridized carbons (Fsp3) is 0.0625. The molecule has 4 aromatic rings. The topological polar surface area (TPSA) is 70.2 Å². The molecule has 0 spiro atoms. The summed E-state index contributed by atoms with van der Waals surface area (Å²) in [6.45, 7) is 0. The zero-order valence-electron chi connectivity index (χ0n) is 12.0. The minimum Gasteiger partial charge on any atom is -0.354 e. The Bertz CT molecular complexity index is 931. The van der Waals surface area contributed by atoms with Crippen LogP contribution in [0.25, 0.3) is 22.2 Å². The van der Waals surface area contributed by atoms with E-state index in [4.69, 9.17) is 11.6 Å². The Balaban J connectivity index is 1.79. The molecule has 114 valence electrons. The third kappa shape index (κ3) is 2.83. The third-order valence-corrected chi connectivity index (χ3v) is 4.89. The minimum absolute atomic E-state index is 0.652. The van der Waals surface area contributed by atoms with Gasteiger partial charge in [-0.25, -0.2) is 0 Å². The van der Waals surface area contributed by atoms with Gasteiger partial charge in [-0.3, -0.25) is 0 Å². The van der Waals surface area contributed by atoms with Gasteiger partial charge in [0.15, 0.2) is 5.82 Å². The Morgan fingerprint density at radius 3 is 2.65 bits per heavy atom. The van der Waals surface area contributed by atoms with Gasteiger partial charge in [0, 0.05) is 20.8 Å². The highest BCUT2D eigenvalue weighted by molar-refractivity contribution is 7.98. The number of rotatable bonds is 4. The molecule has 0 unspecified atom stereocenters. The number of fused-ring (bicyclic) bond motifs is 1. The van der Waals surface area contributed by atoms with E-state index in [0.29, 0.717) is 11.6 Å². The van der Waals surface area contributed by atoms with Crippen LogP contribution in [0.4, 0.5) is 0 Å². The summed E-state index contributed by atoms with van der Waals surface area (Å²) in [6, 6.07) is 16.1. The van der Waals surface area contributed by atoms with Gasteiger partial charge in [-0.1, -0.05) is 47.1 Å². The van der Waals surface area contributed by atoms with E-state index in [2.05, 4.69) is 37.7 Å². The van der Waals surface area contributed by atoms with Crippen LogP contribution in [0.1, 0.15) is 5.82 Å². The second-order valence-corrected chi connectivity index (χ2v) is 6.42. The molecule has 0 fully saturated rings. The van der Waals surface area contributed by atoms with Gasteiger partial charge in [-0.2, -0.15) is 5.21 Å². The van der Waals surface area contributed by atoms with Crippen molar-refractivity contribution in [3.63, 3.8) is 0 Å².